The summed E-state index contributed by atoms with van der Waals surface area (Å²) in [6.45, 7) is 4.04. The van der Waals surface area contributed by atoms with E-state index in [1.165, 1.54) is 12.7 Å². The molecule has 2 aliphatic rings. The largest absolute Gasteiger partial charge is 0.386 e. The van der Waals surface area contributed by atoms with E-state index in [4.69, 9.17) is 0 Å². The van der Waals surface area contributed by atoms with Gasteiger partial charge in [0, 0.05) is 6.54 Å². The molecule has 1 atom stereocenters. The monoisotopic (exact) mass is 387 g/mol. The van der Waals surface area contributed by atoms with Crippen LogP contribution in [0.25, 0.3) is 10.8 Å². The Morgan fingerprint density at radius 3 is 2.41 bits per heavy atom. The van der Waals surface area contributed by atoms with Gasteiger partial charge in [-0.1, -0.05) is 43.5 Å². The van der Waals surface area contributed by atoms with E-state index in [9.17, 15) is 13.5 Å². The van der Waals surface area contributed by atoms with Crippen molar-refractivity contribution in [1.82, 2.24) is 4.31 Å². The van der Waals surface area contributed by atoms with Gasteiger partial charge in [-0.2, -0.15) is 4.31 Å². The molecule has 1 aliphatic carbocycles. The van der Waals surface area contributed by atoms with Gasteiger partial charge in [0.2, 0.25) is 10.0 Å². The van der Waals surface area contributed by atoms with Gasteiger partial charge in [0.1, 0.15) is 0 Å². The topological polar surface area (TPSA) is 57.6 Å². The molecule has 5 heteroatoms. The lowest BCUT2D eigenvalue weighted by Crippen LogP contribution is -2.34. The van der Waals surface area contributed by atoms with E-state index in [0.717, 1.165) is 53.1 Å². The van der Waals surface area contributed by atoms with Gasteiger partial charge in [-0.15, -0.1) is 0 Å². The van der Waals surface area contributed by atoms with Crippen molar-refractivity contribution in [2.75, 3.05) is 6.26 Å². The number of sulfonamides is 1. The normalized spacial score (nSPS) is 22.3. The SMILES string of the molecule is CC(C)(O)c1c2c(cc3ccccc13)CN(S(C)(=O)=O)[C@@H]2C1CCCCC1. The molecule has 1 fully saturated rings. The van der Waals surface area contributed by atoms with Gasteiger partial charge >= 0.3 is 0 Å². The standard InChI is InChI=1S/C22H29NO3S/c1-22(2,24)20-18-12-8-7-11-16(18)13-17-14-23(27(3,25)26)21(19(17)20)15-9-5-4-6-10-15/h7-8,11-13,15,21,24H,4-6,9-10,14H2,1-3H3/t21-/m1/s1. The summed E-state index contributed by atoms with van der Waals surface area (Å²) in [7, 11) is -3.34. The lowest BCUT2D eigenvalue weighted by atomic mass is 9.77. The Labute approximate surface area is 162 Å². The van der Waals surface area contributed by atoms with Crippen LogP contribution in [-0.2, 0) is 22.2 Å². The first kappa shape index (κ1) is 18.9. The van der Waals surface area contributed by atoms with Crippen molar-refractivity contribution in [1.29, 1.82) is 0 Å². The molecule has 2 aromatic rings. The van der Waals surface area contributed by atoms with Gasteiger partial charge in [-0.25, -0.2) is 8.42 Å². The summed E-state index contributed by atoms with van der Waals surface area (Å²) in [5.74, 6) is 0.317. The average molecular weight is 388 g/mol. The van der Waals surface area contributed by atoms with Gasteiger partial charge in [0.15, 0.2) is 0 Å². The molecule has 0 bridgehead atoms. The molecule has 0 radical (unpaired) electrons. The van der Waals surface area contributed by atoms with Crippen molar-refractivity contribution in [3.63, 3.8) is 0 Å². The van der Waals surface area contributed by atoms with E-state index in [-0.39, 0.29) is 6.04 Å². The van der Waals surface area contributed by atoms with Gasteiger partial charge in [-0.05, 0) is 66.1 Å². The number of hydrogen-bond donors (Lipinski definition) is 1. The van der Waals surface area contributed by atoms with Gasteiger partial charge < -0.3 is 5.11 Å². The minimum Gasteiger partial charge on any atom is -0.386 e. The highest BCUT2D eigenvalue weighted by molar-refractivity contribution is 7.88. The summed E-state index contributed by atoms with van der Waals surface area (Å²) in [5.41, 5.74) is 1.97. The molecule has 1 N–H and O–H groups in total. The van der Waals surface area contributed by atoms with Crippen molar-refractivity contribution >= 4 is 20.8 Å². The summed E-state index contributed by atoms with van der Waals surface area (Å²) < 4.78 is 27.0. The number of nitrogens with zero attached hydrogens (tertiary/aromatic N) is 1. The van der Waals surface area contributed by atoms with Crippen molar-refractivity contribution < 1.29 is 13.5 Å². The van der Waals surface area contributed by atoms with E-state index in [1.807, 2.05) is 38.1 Å². The quantitative estimate of drug-likeness (QED) is 0.846. The highest BCUT2D eigenvalue weighted by atomic mass is 32.2. The average Bonchev–Trinajstić information content (AvgIpc) is 2.98. The highest BCUT2D eigenvalue weighted by Gasteiger charge is 2.44. The van der Waals surface area contributed by atoms with Crippen LogP contribution in [0, 0.1) is 5.92 Å². The predicted octanol–water partition coefficient (Wildman–Crippen LogP) is 4.46. The smallest absolute Gasteiger partial charge is 0.212 e. The molecule has 4 nitrogen and oxygen atoms in total. The van der Waals surface area contributed by atoms with Crippen LogP contribution in [0.15, 0.2) is 30.3 Å². The van der Waals surface area contributed by atoms with Crippen LogP contribution in [0.3, 0.4) is 0 Å². The first-order valence-corrected chi connectivity index (χ1v) is 11.8. The van der Waals surface area contributed by atoms with Gasteiger partial charge in [0.25, 0.3) is 0 Å². The summed E-state index contributed by atoms with van der Waals surface area (Å²) in [4.78, 5) is 0. The molecule has 0 aromatic heterocycles. The van der Waals surface area contributed by atoms with Crippen molar-refractivity contribution in [2.24, 2.45) is 5.92 Å². The summed E-state index contributed by atoms with van der Waals surface area (Å²) >= 11 is 0. The minimum absolute atomic E-state index is 0.165. The summed E-state index contributed by atoms with van der Waals surface area (Å²) in [6.07, 6.45) is 6.95. The molecule has 0 saturated heterocycles. The number of fused-ring (bicyclic) bond motifs is 2. The molecular weight excluding hydrogens is 358 g/mol. The third-order valence-electron chi connectivity index (χ3n) is 6.24. The third-order valence-corrected chi connectivity index (χ3v) is 7.45. The van der Waals surface area contributed by atoms with E-state index < -0.39 is 15.6 Å². The lowest BCUT2D eigenvalue weighted by molar-refractivity contribution is 0.0772. The molecule has 1 aliphatic heterocycles. The van der Waals surface area contributed by atoms with Gasteiger partial charge in [-0.3, -0.25) is 0 Å². The predicted molar refractivity (Wildman–Crippen MR) is 109 cm³/mol. The van der Waals surface area contributed by atoms with Crippen molar-refractivity contribution in [3.8, 4) is 0 Å². The van der Waals surface area contributed by atoms with Crippen LogP contribution in [0.1, 0.15) is 68.7 Å². The van der Waals surface area contributed by atoms with Crippen molar-refractivity contribution in [2.45, 2.75) is 64.1 Å². The van der Waals surface area contributed by atoms with E-state index in [1.54, 1.807) is 4.31 Å². The van der Waals surface area contributed by atoms with Crippen LogP contribution in [0.4, 0.5) is 0 Å². The van der Waals surface area contributed by atoms with Crippen LogP contribution in [0.2, 0.25) is 0 Å². The van der Waals surface area contributed by atoms with Crippen LogP contribution in [-0.4, -0.2) is 24.1 Å². The Balaban J connectivity index is 2.01. The van der Waals surface area contributed by atoms with E-state index in [2.05, 4.69) is 6.07 Å². The molecule has 1 heterocycles. The number of benzene rings is 2. The third kappa shape index (κ3) is 3.30. The maximum absolute atomic E-state index is 12.7. The Hall–Kier alpha value is -1.43. The molecule has 4 rings (SSSR count). The molecule has 0 amide bonds. The molecule has 0 spiro atoms. The second kappa shape index (κ2) is 6.57. The molecule has 27 heavy (non-hydrogen) atoms. The van der Waals surface area contributed by atoms with Crippen LogP contribution >= 0.6 is 0 Å². The maximum atomic E-state index is 12.7. The van der Waals surface area contributed by atoms with Crippen molar-refractivity contribution in [3.05, 3.63) is 47.0 Å². The maximum Gasteiger partial charge on any atom is 0.212 e. The number of rotatable bonds is 3. The first-order valence-electron chi connectivity index (χ1n) is 9.92. The fourth-order valence-electron chi connectivity index (χ4n) is 5.20. The zero-order valence-corrected chi connectivity index (χ0v) is 17.2. The Morgan fingerprint density at radius 1 is 1.11 bits per heavy atom. The molecule has 2 aromatic carbocycles. The number of aliphatic hydroxyl groups is 1. The Bertz CT molecular complexity index is 969. The minimum atomic E-state index is -3.34. The zero-order valence-electron chi connectivity index (χ0n) is 16.4. The van der Waals surface area contributed by atoms with Gasteiger partial charge in [0.05, 0.1) is 17.9 Å². The fraction of sp³-hybridized carbons (Fsp3) is 0.545. The number of hydrogen-bond acceptors (Lipinski definition) is 3. The van der Waals surface area contributed by atoms with E-state index in [0.29, 0.717) is 12.5 Å². The fourth-order valence-corrected chi connectivity index (χ4v) is 6.27. The molecular formula is C22H29NO3S. The summed E-state index contributed by atoms with van der Waals surface area (Å²) in [5, 5.41) is 13.2. The first-order chi connectivity index (χ1) is 12.7. The Kier molecular flexibility index (Phi) is 4.60. The van der Waals surface area contributed by atoms with Crippen LogP contribution in [0.5, 0.6) is 0 Å². The second-order valence-electron chi connectivity index (χ2n) is 8.76. The Morgan fingerprint density at radius 2 is 1.78 bits per heavy atom. The zero-order chi connectivity index (χ0) is 19.4. The molecule has 146 valence electrons. The summed E-state index contributed by atoms with van der Waals surface area (Å²) in [6, 6.07) is 10.0. The highest BCUT2D eigenvalue weighted by Crippen LogP contribution is 2.50. The van der Waals surface area contributed by atoms with Crippen LogP contribution < -0.4 is 0 Å². The van der Waals surface area contributed by atoms with E-state index >= 15 is 0 Å². The lowest BCUT2D eigenvalue weighted by Gasteiger charge is -2.35. The second-order valence-corrected chi connectivity index (χ2v) is 10.7. The molecule has 0 unspecified atom stereocenters. The molecule has 1 saturated carbocycles.